The van der Waals surface area contributed by atoms with Gasteiger partial charge in [-0.1, -0.05) is 15.9 Å². The van der Waals surface area contributed by atoms with Crippen LogP contribution in [0.1, 0.15) is 6.42 Å². The maximum absolute atomic E-state index is 11.8. The van der Waals surface area contributed by atoms with Crippen LogP contribution in [0.25, 0.3) is 0 Å². The first-order valence-electron chi connectivity index (χ1n) is 5.90. The summed E-state index contributed by atoms with van der Waals surface area (Å²) >= 11 is 5.12. The molecule has 3 nitrogen and oxygen atoms in total. The van der Waals surface area contributed by atoms with E-state index < -0.39 is 0 Å². The van der Waals surface area contributed by atoms with Crippen molar-refractivity contribution in [2.45, 2.75) is 11.3 Å². The van der Waals surface area contributed by atoms with Crippen LogP contribution in [0.15, 0.2) is 33.6 Å². The third-order valence-corrected chi connectivity index (χ3v) is 4.06. The lowest BCUT2D eigenvalue weighted by Crippen LogP contribution is -2.32. The molecule has 6 heteroatoms. The molecule has 0 radical (unpaired) electrons. The molecule has 1 aromatic carbocycles. The highest BCUT2D eigenvalue weighted by Gasteiger charge is 2.07. The molecule has 0 spiro atoms. The maximum Gasteiger partial charge on any atom is 0.223 e. The van der Waals surface area contributed by atoms with Crippen LogP contribution in [-0.2, 0) is 4.79 Å². The Morgan fingerprint density at radius 2 is 2.00 bits per heavy atom. The minimum Gasteiger partial charge on any atom is -0.344 e. The molecule has 1 aromatic rings. The minimum atomic E-state index is 0. The minimum absolute atomic E-state index is 0. The Bertz CT molecular complexity index is 375. The summed E-state index contributed by atoms with van der Waals surface area (Å²) in [5.41, 5.74) is 0. The van der Waals surface area contributed by atoms with Gasteiger partial charge < -0.3 is 10.2 Å². The van der Waals surface area contributed by atoms with Crippen LogP contribution >= 0.6 is 40.1 Å². The van der Waals surface area contributed by atoms with Gasteiger partial charge in [-0.25, -0.2) is 0 Å². The lowest BCUT2D eigenvalue weighted by molar-refractivity contribution is -0.129. The monoisotopic (exact) mass is 366 g/mol. The predicted octanol–water partition coefficient (Wildman–Crippen LogP) is 3.03. The lowest BCUT2D eigenvalue weighted by Gasteiger charge is -2.16. The molecule has 0 aromatic heterocycles. The molecule has 0 heterocycles. The van der Waals surface area contributed by atoms with Crippen molar-refractivity contribution in [3.8, 4) is 0 Å². The molecule has 0 aliphatic heterocycles. The zero-order chi connectivity index (χ0) is 13.4. The maximum atomic E-state index is 11.8. The molecule has 1 amide bonds. The molecular weight excluding hydrogens is 348 g/mol. The van der Waals surface area contributed by atoms with E-state index in [0.29, 0.717) is 6.42 Å². The van der Waals surface area contributed by atoms with Gasteiger partial charge >= 0.3 is 0 Å². The summed E-state index contributed by atoms with van der Waals surface area (Å²) < 4.78 is 1.08. The van der Waals surface area contributed by atoms with E-state index in [1.54, 1.807) is 16.7 Å². The van der Waals surface area contributed by atoms with Gasteiger partial charge in [0.05, 0.1) is 0 Å². The van der Waals surface area contributed by atoms with Crippen LogP contribution in [0.2, 0.25) is 0 Å². The number of nitrogens with zero attached hydrogens (tertiary/aromatic N) is 1. The molecular formula is C13H20BrClN2OS. The lowest BCUT2D eigenvalue weighted by atomic mass is 10.4. The van der Waals surface area contributed by atoms with E-state index in [1.807, 2.05) is 26.2 Å². The van der Waals surface area contributed by atoms with Crippen LogP contribution in [0.3, 0.4) is 0 Å². The number of rotatable bonds is 7. The normalized spacial score (nSPS) is 9.84. The van der Waals surface area contributed by atoms with E-state index in [2.05, 4.69) is 33.4 Å². The highest BCUT2D eigenvalue weighted by atomic mass is 79.9. The fraction of sp³-hybridized carbons (Fsp3) is 0.462. The van der Waals surface area contributed by atoms with Crippen LogP contribution < -0.4 is 5.32 Å². The van der Waals surface area contributed by atoms with Crippen molar-refractivity contribution in [1.29, 1.82) is 0 Å². The zero-order valence-corrected chi connectivity index (χ0v) is 14.4. The van der Waals surface area contributed by atoms with E-state index in [4.69, 9.17) is 0 Å². The Kier molecular flexibility index (Phi) is 10.4. The number of hydrogen-bond acceptors (Lipinski definition) is 3. The number of nitrogens with one attached hydrogen (secondary N) is 1. The Morgan fingerprint density at radius 3 is 2.58 bits per heavy atom. The smallest absolute Gasteiger partial charge is 0.223 e. The SMILES string of the molecule is CNCCN(C)C(=O)CCSc1ccc(Br)cc1.Cl. The molecule has 0 atom stereocenters. The third kappa shape index (κ3) is 7.82. The second-order valence-electron chi connectivity index (χ2n) is 3.97. The molecule has 0 bridgehead atoms. The molecule has 0 unspecified atom stereocenters. The third-order valence-electron chi connectivity index (χ3n) is 2.52. The molecule has 19 heavy (non-hydrogen) atoms. The van der Waals surface area contributed by atoms with Gasteiger partial charge in [0.15, 0.2) is 0 Å². The number of carbonyl (C=O) groups excluding carboxylic acids is 1. The summed E-state index contributed by atoms with van der Waals surface area (Å²) in [6.07, 6.45) is 0.584. The second-order valence-corrected chi connectivity index (χ2v) is 6.06. The van der Waals surface area contributed by atoms with Crippen LogP contribution in [0.4, 0.5) is 0 Å². The van der Waals surface area contributed by atoms with Gasteiger partial charge in [0.1, 0.15) is 0 Å². The molecule has 1 rings (SSSR count). The Hall–Kier alpha value is -0.230. The Morgan fingerprint density at radius 1 is 1.37 bits per heavy atom. The van der Waals surface area contributed by atoms with Crippen molar-refractivity contribution < 1.29 is 4.79 Å². The molecule has 1 N–H and O–H groups in total. The highest BCUT2D eigenvalue weighted by molar-refractivity contribution is 9.10. The fourth-order valence-corrected chi connectivity index (χ4v) is 2.49. The fourth-order valence-electron chi connectivity index (χ4n) is 1.38. The van der Waals surface area contributed by atoms with Crippen LogP contribution in [-0.4, -0.2) is 43.7 Å². The Balaban J connectivity index is 0.00000324. The topological polar surface area (TPSA) is 32.3 Å². The van der Waals surface area contributed by atoms with Gasteiger partial charge in [0.25, 0.3) is 0 Å². The van der Waals surface area contributed by atoms with E-state index >= 15 is 0 Å². The summed E-state index contributed by atoms with van der Waals surface area (Å²) in [5, 5.41) is 3.04. The van der Waals surface area contributed by atoms with Crippen molar-refractivity contribution >= 4 is 46.0 Å². The van der Waals surface area contributed by atoms with Crippen molar-refractivity contribution in [3.05, 3.63) is 28.7 Å². The van der Waals surface area contributed by atoms with Gasteiger partial charge in [-0.2, -0.15) is 0 Å². The van der Waals surface area contributed by atoms with Crippen molar-refractivity contribution in [2.75, 3.05) is 32.9 Å². The second kappa shape index (κ2) is 10.5. The van der Waals surface area contributed by atoms with Crippen molar-refractivity contribution in [2.24, 2.45) is 0 Å². The number of halogens is 2. The quantitative estimate of drug-likeness (QED) is 0.752. The van der Waals surface area contributed by atoms with Gasteiger partial charge in [-0.3, -0.25) is 4.79 Å². The average molecular weight is 368 g/mol. The first-order chi connectivity index (χ1) is 8.63. The molecule has 0 fully saturated rings. The van der Waals surface area contributed by atoms with Gasteiger partial charge in [-0.05, 0) is 31.3 Å². The summed E-state index contributed by atoms with van der Waals surface area (Å²) in [6, 6.07) is 8.15. The molecule has 0 saturated carbocycles. The van der Waals surface area contributed by atoms with Gasteiger partial charge in [-0.15, -0.1) is 24.2 Å². The average Bonchev–Trinajstić information content (AvgIpc) is 2.38. The number of benzene rings is 1. The molecule has 0 aliphatic carbocycles. The zero-order valence-electron chi connectivity index (χ0n) is 11.2. The van der Waals surface area contributed by atoms with E-state index in [-0.39, 0.29) is 18.3 Å². The Labute approximate surface area is 134 Å². The molecule has 108 valence electrons. The number of hydrogen-bond donors (Lipinski definition) is 1. The van der Waals surface area contributed by atoms with E-state index in [0.717, 1.165) is 23.3 Å². The summed E-state index contributed by atoms with van der Waals surface area (Å²) in [7, 11) is 3.74. The largest absolute Gasteiger partial charge is 0.344 e. The van der Waals surface area contributed by atoms with E-state index in [9.17, 15) is 4.79 Å². The van der Waals surface area contributed by atoms with Gasteiger partial charge in [0.2, 0.25) is 5.91 Å². The van der Waals surface area contributed by atoms with Crippen molar-refractivity contribution in [1.82, 2.24) is 10.2 Å². The number of amides is 1. The predicted molar refractivity (Wildman–Crippen MR) is 88.3 cm³/mol. The first kappa shape index (κ1) is 18.8. The highest BCUT2D eigenvalue weighted by Crippen LogP contribution is 2.21. The van der Waals surface area contributed by atoms with E-state index in [1.165, 1.54) is 4.90 Å². The number of thioether (sulfide) groups is 1. The van der Waals surface area contributed by atoms with Crippen LogP contribution in [0, 0.1) is 0 Å². The van der Waals surface area contributed by atoms with Gasteiger partial charge in [0, 0.05) is 41.7 Å². The molecule has 0 aliphatic rings. The summed E-state index contributed by atoms with van der Waals surface area (Å²) in [6.45, 7) is 1.60. The number of carbonyl (C=O) groups is 1. The summed E-state index contributed by atoms with van der Waals surface area (Å²) in [4.78, 5) is 14.7. The number of likely N-dealkylation sites (N-methyl/N-ethyl adjacent to an activating group) is 2. The van der Waals surface area contributed by atoms with Crippen LogP contribution in [0.5, 0.6) is 0 Å². The molecule has 0 saturated heterocycles. The standard InChI is InChI=1S/C13H19BrN2OS.ClH/c1-15-8-9-16(2)13(17)7-10-18-12-5-3-11(14)4-6-12;/h3-6,15H,7-10H2,1-2H3;1H. The summed E-state index contributed by atoms with van der Waals surface area (Å²) in [5.74, 6) is 1.03. The first-order valence-corrected chi connectivity index (χ1v) is 7.68. The van der Waals surface area contributed by atoms with Crippen molar-refractivity contribution in [3.63, 3.8) is 0 Å².